The molecule has 2 aromatic rings. The zero-order chi connectivity index (χ0) is 17.2. The summed E-state index contributed by atoms with van der Waals surface area (Å²) in [4.78, 5) is 11.3. The smallest absolute Gasteiger partial charge is 0.335 e. The highest BCUT2D eigenvalue weighted by molar-refractivity contribution is 14.1. The Bertz CT molecular complexity index is 719. The normalized spacial score (nSPS) is 14.8. The first-order chi connectivity index (χ1) is 10.7. The Balaban J connectivity index is 2.24. The van der Waals surface area contributed by atoms with Crippen molar-refractivity contribution in [2.24, 2.45) is 5.73 Å². The van der Waals surface area contributed by atoms with Crippen LogP contribution in [-0.2, 0) is 4.79 Å². The van der Waals surface area contributed by atoms with E-state index in [1.165, 1.54) is 0 Å². The number of phenols is 1. The molecule has 2 aromatic carbocycles. The quantitative estimate of drug-likeness (QED) is 0.253. The Morgan fingerprint density at radius 3 is 2.26 bits per heavy atom. The lowest BCUT2D eigenvalue weighted by Crippen LogP contribution is -2.45. The Morgan fingerprint density at radius 2 is 1.74 bits per heavy atom. The molecule has 0 spiro atoms. The summed E-state index contributed by atoms with van der Waals surface area (Å²) in [7, 11) is 0. The number of phenolic OH excluding ortho intramolecular Hbond substituents is 1. The summed E-state index contributed by atoms with van der Waals surface area (Å²) in [5, 5.41) is 18.5. The average Bonchev–Trinajstić information content (AvgIpc) is 2.49. The zero-order valence-corrected chi connectivity index (χ0v) is 18.0. The van der Waals surface area contributed by atoms with Crippen LogP contribution in [0.4, 0.5) is 0 Å². The lowest BCUT2D eigenvalue weighted by Gasteiger charge is -2.25. The van der Waals surface area contributed by atoms with Gasteiger partial charge in [-0.3, -0.25) is 0 Å². The van der Waals surface area contributed by atoms with Crippen LogP contribution in [0.25, 0.3) is 0 Å². The van der Waals surface area contributed by atoms with Gasteiger partial charge in [-0.2, -0.15) is 0 Å². The number of carbonyl (C=O) groups is 1. The first kappa shape index (κ1) is 19.0. The third kappa shape index (κ3) is 4.60. The standard InChI is InChI=1S/C15H12I3NO4/c16-12-7-10(23-9-3-1-8(20)2-4-9)5-6-11(12)13(17)15(18,19)14(21)22/h1-7,13,20H,19H2,(H,21,22)/t13-,15-/m0/s1. The minimum atomic E-state index is -1.39. The van der Waals surface area contributed by atoms with Gasteiger partial charge in [0.1, 0.15) is 17.2 Å². The maximum absolute atomic E-state index is 11.3. The molecule has 0 aliphatic rings. The molecule has 2 rings (SSSR count). The van der Waals surface area contributed by atoms with E-state index >= 15 is 0 Å². The fourth-order valence-electron chi connectivity index (χ4n) is 1.76. The number of hydrogen-bond acceptors (Lipinski definition) is 4. The molecule has 0 unspecified atom stereocenters. The molecule has 0 saturated carbocycles. The molecule has 0 aliphatic heterocycles. The van der Waals surface area contributed by atoms with E-state index in [2.05, 4.69) is 22.6 Å². The first-order valence-corrected chi connectivity index (χ1v) is 9.73. The topological polar surface area (TPSA) is 92.8 Å². The molecule has 4 N–H and O–H groups in total. The van der Waals surface area contributed by atoms with Crippen LogP contribution < -0.4 is 10.5 Å². The fraction of sp³-hybridized carbons (Fsp3) is 0.133. The Hall–Kier alpha value is -0.340. The van der Waals surface area contributed by atoms with Crippen LogP contribution in [0.2, 0.25) is 0 Å². The molecule has 0 amide bonds. The number of nitrogens with two attached hydrogens (primary N) is 1. The van der Waals surface area contributed by atoms with Crippen molar-refractivity contribution >= 4 is 73.7 Å². The molecule has 0 aliphatic carbocycles. The summed E-state index contributed by atoms with van der Waals surface area (Å²) in [6.07, 6.45) is 0. The van der Waals surface area contributed by atoms with Gasteiger partial charge in [-0.1, -0.05) is 28.7 Å². The number of alkyl halides is 2. The molecule has 0 bridgehead atoms. The van der Waals surface area contributed by atoms with Crippen molar-refractivity contribution in [2.75, 3.05) is 0 Å². The lowest BCUT2D eigenvalue weighted by atomic mass is 10.1. The molecular formula is C15H12I3NO4. The number of carboxylic acid groups (broad SMARTS) is 1. The van der Waals surface area contributed by atoms with Gasteiger partial charge in [0.2, 0.25) is 0 Å². The minimum absolute atomic E-state index is 0.171. The second-order valence-corrected chi connectivity index (χ2v) is 8.91. The first-order valence-electron chi connectivity index (χ1n) is 6.33. The Morgan fingerprint density at radius 1 is 1.17 bits per heavy atom. The predicted octanol–water partition coefficient (Wildman–Crippen LogP) is 4.44. The Labute approximate surface area is 174 Å². The van der Waals surface area contributed by atoms with Crippen molar-refractivity contribution in [1.29, 1.82) is 0 Å². The van der Waals surface area contributed by atoms with E-state index in [-0.39, 0.29) is 5.75 Å². The molecule has 0 radical (unpaired) electrons. The van der Waals surface area contributed by atoms with Gasteiger partial charge < -0.3 is 20.7 Å². The SMILES string of the molecule is N[C@](I)(C(=O)O)[C@@H](I)c1ccc(Oc2ccc(O)cc2)cc1I. The van der Waals surface area contributed by atoms with Gasteiger partial charge in [0.05, 0.1) is 3.92 Å². The molecule has 122 valence electrons. The average molecular weight is 651 g/mol. The summed E-state index contributed by atoms with van der Waals surface area (Å²) in [5.41, 5.74) is 6.74. The van der Waals surface area contributed by atoms with Gasteiger partial charge in [-0.05, 0) is 87.1 Å². The third-order valence-electron chi connectivity index (χ3n) is 3.01. The van der Waals surface area contributed by atoms with Crippen LogP contribution in [0.15, 0.2) is 42.5 Å². The van der Waals surface area contributed by atoms with E-state index in [9.17, 15) is 15.0 Å². The second kappa shape index (κ2) is 7.70. The van der Waals surface area contributed by atoms with E-state index in [4.69, 9.17) is 10.5 Å². The maximum atomic E-state index is 11.3. The number of ether oxygens (including phenoxy) is 1. The molecular weight excluding hydrogens is 639 g/mol. The minimum Gasteiger partial charge on any atom is -0.508 e. The highest BCUT2D eigenvalue weighted by Crippen LogP contribution is 2.41. The third-order valence-corrected chi connectivity index (χ3v) is 7.88. The van der Waals surface area contributed by atoms with Crippen molar-refractivity contribution in [3.63, 3.8) is 0 Å². The zero-order valence-electron chi connectivity index (χ0n) is 11.5. The summed E-state index contributed by atoms with van der Waals surface area (Å²) in [6.45, 7) is 0. The van der Waals surface area contributed by atoms with Gasteiger partial charge in [0.15, 0.2) is 3.55 Å². The van der Waals surface area contributed by atoms with Crippen molar-refractivity contribution in [3.8, 4) is 17.2 Å². The van der Waals surface area contributed by atoms with Gasteiger partial charge in [0.25, 0.3) is 0 Å². The predicted molar refractivity (Wildman–Crippen MR) is 113 cm³/mol. The van der Waals surface area contributed by atoms with Crippen LogP contribution in [0.1, 0.15) is 9.49 Å². The van der Waals surface area contributed by atoms with Crippen molar-refractivity contribution in [3.05, 3.63) is 51.6 Å². The van der Waals surface area contributed by atoms with E-state index in [0.717, 1.165) is 9.13 Å². The fourth-order valence-corrected chi connectivity index (χ4v) is 4.30. The highest BCUT2D eigenvalue weighted by atomic mass is 127. The van der Waals surface area contributed by atoms with Crippen molar-refractivity contribution in [1.82, 2.24) is 0 Å². The number of carboxylic acids is 1. The number of aliphatic carboxylic acids is 1. The monoisotopic (exact) mass is 651 g/mol. The highest BCUT2D eigenvalue weighted by Gasteiger charge is 2.40. The van der Waals surface area contributed by atoms with E-state index in [0.29, 0.717) is 11.5 Å². The summed E-state index contributed by atoms with van der Waals surface area (Å²) >= 11 is 5.93. The summed E-state index contributed by atoms with van der Waals surface area (Å²) < 4.78 is 4.79. The van der Waals surface area contributed by atoms with Crippen LogP contribution >= 0.6 is 67.8 Å². The number of benzene rings is 2. The van der Waals surface area contributed by atoms with Crippen LogP contribution in [0, 0.1) is 3.57 Å². The number of rotatable bonds is 5. The van der Waals surface area contributed by atoms with E-state index in [1.54, 1.807) is 52.9 Å². The molecule has 23 heavy (non-hydrogen) atoms. The summed E-state index contributed by atoms with van der Waals surface area (Å²) in [6, 6.07) is 11.8. The lowest BCUT2D eigenvalue weighted by molar-refractivity contribution is -0.139. The van der Waals surface area contributed by atoms with E-state index in [1.807, 2.05) is 34.7 Å². The molecule has 5 nitrogen and oxygen atoms in total. The van der Waals surface area contributed by atoms with Gasteiger partial charge in [-0.15, -0.1) is 0 Å². The second-order valence-electron chi connectivity index (χ2n) is 4.72. The Kier molecular flexibility index (Phi) is 6.35. The molecule has 0 fully saturated rings. The van der Waals surface area contributed by atoms with Crippen LogP contribution in [0.5, 0.6) is 17.2 Å². The molecule has 0 saturated heterocycles. The van der Waals surface area contributed by atoms with Gasteiger partial charge in [0, 0.05) is 3.57 Å². The summed E-state index contributed by atoms with van der Waals surface area (Å²) in [5.74, 6) is 0.339. The van der Waals surface area contributed by atoms with Gasteiger partial charge in [-0.25, -0.2) is 4.79 Å². The van der Waals surface area contributed by atoms with E-state index < -0.39 is 13.4 Å². The maximum Gasteiger partial charge on any atom is 0.335 e. The number of hydrogen-bond donors (Lipinski definition) is 3. The number of halogens is 3. The number of aromatic hydroxyl groups is 1. The van der Waals surface area contributed by atoms with Gasteiger partial charge >= 0.3 is 5.97 Å². The molecule has 2 atom stereocenters. The molecule has 0 heterocycles. The van der Waals surface area contributed by atoms with Crippen LogP contribution in [-0.4, -0.2) is 19.7 Å². The molecule has 0 aromatic heterocycles. The van der Waals surface area contributed by atoms with Crippen LogP contribution in [0.3, 0.4) is 0 Å². The van der Waals surface area contributed by atoms with Crippen molar-refractivity contribution < 1.29 is 19.7 Å². The largest absolute Gasteiger partial charge is 0.508 e. The molecule has 8 heteroatoms. The van der Waals surface area contributed by atoms with Crippen molar-refractivity contribution in [2.45, 2.75) is 7.47 Å².